The van der Waals surface area contributed by atoms with E-state index in [1.54, 1.807) is 18.2 Å². The molecule has 0 unspecified atom stereocenters. The van der Waals surface area contributed by atoms with Crippen molar-refractivity contribution in [3.05, 3.63) is 33.8 Å². The zero-order valence-electron chi connectivity index (χ0n) is 20.6. The highest BCUT2D eigenvalue weighted by atomic mass is 35.5. The third kappa shape index (κ3) is 6.13. The molecule has 4 saturated carbocycles. The van der Waals surface area contributed by atoms with Crippen LogP contribution in [0.5, 0.6) is 0 Å². The maximum absolute atomic E-state index is 13.2. The topological polar surface area (TPSA) is 161 Å². The van der Waals surface area contributed by atoms with Gasteiger partial charge in [0, 0.05) is 11.8 Å². The van der Waals surface area contributed by atoms with Crippen LogP contribution in [-0.4, -0.2) is 60.3 Å². The van der Waals surface area contributed by atoms with Crippen LogP contribution in [0.2, 0.25) is 10.0 Å². The van der Waals surface area contributed by atoms with Crippen LogP contribution in [0.1, 0.15) is 31.2 Å². The number of carbonyl (C=O) groups excluding carboxylic acids is 4. The van der Waals surface area contributed by atoms with Crippen LogP contribution >= 0.6 is 35.6 Å². The molecule has 0 heterocycles. The Morgan fingerprint density at radius 1 is 0.897 bits per heavy atom. The van der Waals surface area contributed by atoms with Crippen LogP contribution in [0, 0.1) is 29.6 Å². The average molecular weight is 609 g/mol. The fourth-order valence-electron chi connectivity index (χ4n) is 5.04. The van der Waals surface area contributed by atoms with Gasteiger partial charge in [-0.3, -0.25) is 14.4 Å². The Hall–Kier alpha value is -2.15. The smallest absolute Gasteiger partial charge is 0.332 e. The van der Waals surface area contributed by atoms with E-state index in [9.17, 15) is 24.3 Å². The van der Waals surface area contributed by atoms with E-state index in [4.69, 9.17) is 52.6 Å². The number of ether oxygens (including phenoxy) is 5. The number of aliphatic hydroxyl groups is 1. The zero-order valence-corrected chi connectivity index (χ0v) is 22.9. The number of rotatable bonds is 11. The second kappa shape index (κ2) is 11.8. The lowest BCUT2D eigenvalue weighted by atomic mass is 9.87. The lowest BCUT2D eigenvalue weighted by Gasteiger charge is -2.34. The Bertz CT molecular complexity index is 1140. The largest absolute Gasteiger partial charge is 0.428 e. The number of esters is 4. The van der Waals surface area contributed by atoms with E-state index >= 15 is 0 Å². The van der Waals surface area contributed by atoms with Gasteiger partial charge in [0.15, 0.2) is 0 Å². The minimum atomic E-state index is -1.96. The number of benzene rings is 1. The Balaban J connectivity index is 0.00000353. The first-order chi connectivity index (χ1) is 18.1. The molecule has 4 fully saturated rings. The summed E-state index contributed by atoms with van der Waals surface area (Å²) >= 11 is 12.0. The van der Waals surface area contributed by atoms with Gasteiger partial charge in [0.2, 0.25) is 13.6 Å². The van der Waals surface area contributed by atoms with E-state index in [0.717, 1.165) is 12.8 Å². The molecule has 0 spiro atoms. The molecule has 214 valence electrons. The minimum absolute atomic E-state index is 0. The van der Waals surface area contributed by atoms with Crippen molar-refractivity contribution in [3.8, 4) is 0 Å². The first-order valence-electron chi connectivity index (χ1n) is 12.3. The van der Waals surface area contributed by atoms with Crippen LogP contribution < -0.4 is 5.73 Å². The number of fused-ring (bicyclic) bond motifs is 1. The zero-order chi connectivity index (χ0) is 27.2. The molecule has 4 aliphatic rings. The van der Waals surface area contributed by atoms with Gasteiger partial charge in [-0.2, -0.15) is 0 Å². The summed E-state index contributed by atoms with van der Waals surface area (Å²) in [6.07, 6.45) is 0.338. The summed E-state index contributed by atoms with van der Waals surface area (Å²) in [6, 6.07) is 4.81. The molecule has 39 heavy (non-hydrogen) atoms. The van der Waals surface area contributed by atoms with Gasteiger partial charge in [-0.15, -0.1) is 12.4 Å². The van der Waals surface area contributed by atoms with Crippen LogP contribution in [0.3, 0.4) is 0 Å². The van der Waals surface area contributed by atoms with E-state index in [1.807, 2.05) is 0 Å². The first kappa shape index (κ1) is 29.8. The standard InChI is InChI=1S/C25H27Cl2NO10.ClH/c26-14-6-1-11(7-15(14)27)8-34-20-19(29)16-17(23(32)37-9-35-21(30)12-2-3-12)18(16)25(20,28)24(33)38-10-36-22(31)13-4-5-13;/h1,6-7,12-13,16-20,29H,2-5,8-10,28H2;1H/t16-,17-,18-,19-,20+,25+;/m0./s1. The maximum atomic E-state index is 13.2. The number of nitrogens with two attached hydrogens (primary N) is 1. The highest BCUT2D eigenvalue weighted by Crippen LogP contribution is 2.63. The summed E-state index contributed by atoms with van der Waals surface area (Å²) in [6.45, 7) is -1.31. The molecule has 0 amide bonds. The maximum Gasteiger partial charge on any atom is 0.332 e. The Morgan fingerprint density at radius 2 is 1.46 bits per heavy atom. The van der Waals surface area contributed by atoms with Gasteiger partial charge < -0.3 is 34.5 Å². The van der Waals surface area contributed by atoms with E-state index in [2.05, 4.69) is 0 Å². The van der Waals surface area contributed by atoms with Crippen LogP contribution in [0.25, 0.3) is 0 Å². The normalized spacial score (nSPS) is 30.4. The molecule has 1 aromatic rings. The van der Waals surface area contributed by atoms with Crippen LogP contribution in [0.4, 0.5) is 0 Å². The predicted octanol–water partition coefficient (Wildman–Crippen LogP) is 2.14. The molecule has 14 heteroatoms. The van der Waals surface area contributed by atoms with Crippen molar-refractivity contribution >= 4 is 59.5 Å². The molecule has 0 aliphatic heterocycles. The molecular formula is C25H28Cl3NO10. The van der Waals surface area contributed by atoms with Crippen molar-refractivity contribution in [1.29, 1.82) is 0 Å². The summed E-state index contributed by atoms with van der Waals surface area (Å²) in [5, 5.41) is 11.7. The molecule has 0 bridgehead atoms. The molecule has 5 rings (SSSR count). The first-order valence-corrected chi connectivity index (χ1v) is 13.1. The molecular weight excluding hydrogens is 581 g/mol. The molecule has 4 aliphatic carbocycles. The van der Waals surface area contributed by atoms with Gasteiger partial charge in [-0.05, 0) is 43.4 Å². The quantitative estimate of drug-likeness (QED) is 0.280. The van der Waals surface area contributed by atoms with E-state index in [1.165, 1.54) is 0 Å². The molecule has 11 nitrogen and oxygen atoms in total. The predicted molar refractivity (Wildman–Crippen MR) is 135 cm³/mol. The third-order valence-corrected chi connectivity index (χ3v) is 8.20. The lowest BCUT2D eigenvalue weighted by Crippen LogP contribution is -2.62. The van der Waals surface area contributed by atoms with Crippen molar-refractivity contribution in [2.24, 2.45) is 35.3 Å². The van der Waals surface area contributed by atoms with Crippen molar-refractivity contribution < 1.29 is 48.0 Å². The van der Waals surface area contributed by atoms with Gasteiger partial charge in [0.1, 0.15) is 11.6 Å². The second-order valence-electron chi connectivity index (χ2n) is 10.1. The Morgan fingerprint density at radius 3 is 2.03 bits per heavy atom. The number of hydrogen-bond acceptors (Lipinski definition) is 11. The fraction of sp³-hybridized carbons (Fsp3) is 0.600. The van der Waals surface area contributed by atoms with Crippen molar-refractivity contribution in [2.45, 2.75) is 50.0 Å². The highest BCUT2D eigenvalue weighted by molar-refractivity contribution is 6.42. The molecule has 0 aromatic heterocycles. The molecule has 1 aromatic carbocycles. The second-order valence-corrected chi connectivity index (χ2v) is 11.0. The van der Waals surface area contributed by atoms with E-state index < -0.39 is 73.0 Å². The van der Waals surface area contributed by atoms with Gasteiger partial charge in [-0.1, -0.05) is 29.3 Å². The fourth-order valence-corrected chi connectivity index (χ4v) is 5.36. The average Bonchev–Trinajstić information content (AvgIpc) is 3.76. The summed E-state index contributed by atoms with van der Waals surface area (Å²) in [4.78, 5) is 49.4. The number of aliphatic hydroxyl groups excluding tert-OH is 1. The van der Waals surface area contributed by atoms with Crippen LogP contribution in [0.15, 0.2) is 18.2 Å². The molecule has 0 saturated heterocycles. The molecule has 6 atom stereocenters. The molecule has 0 radical (unpaired) electrons. The van der Waals surface area contributed by atoms with Gasteiger partial charge in [-0.25, -0.2) is 4.79 Å². The number of carbonyl (C=O) groups is 4. The van der Waals surface area contributed by atoms with Gasteiger partial charge in [0.25, 0.3) is 0 Å². The van der Waals surface area contributed by atoms with Gasteiger partial charge >= 0.3 is 23.9 Å². The summed E-state index contributed by atoms with van der Waals surface area (Å²) in [5.41, 5.74) is 5.19. The Kier molecular flexibility index (Phi) is 8.99. The van der Waals surface area contributed by atoms with Gasteiger partial charge in [0.05, 0.1) is 40.5 Å². The summed E-state index contributed by atoms with van der Waals surface area (Å²) in [5.74, 6) is -5.63. The molecule has 3 N–H and O–H groups in total. The minimum Gasteiger partial charge on any atom is -0.428 e. The number of hydrogen-bond donors (Lipinski definition) is 2. The SMILES string of the molecule is Cl.N[C@]1(C(=O)OCOC(=O)C2CC2)[C@@H]2[C@@H](C(=O)OCOC(=O)C3CC3)[C@@H]2[C@H](O)[C@H]1OCc1ccc(Cl)c(Cl)c1. The van der Waals surface area contributed by atoms with E-state index in [0.29, 0.717) is 28.5 Å². The van der Waals surface area contributed by atoms with Crippen molar-refractivity contribution in [3.63, 3.8) is 0 Å². The summed E-state index contributed by atoms with van der Waals surface area (Å²) < 4.78 is 26.0. The summed E-state index contributed by atoms with van der Waals surface area (Å²) in [7, 11) is 0. The number of halogens is 3. The monoisotopic (exact) mass is 607 g/mol. The van der Waals surface area contributed by atoms with E-state index in [-0.39, 0.29) is 30.8 Å². The highest BCUT2D eigenvalue weighted by Gasteiger charge is 2.79. The van der Waals surface area contributed by atoms with Crippen molar-refractivity contribution in [1.82, 2.24) is 0 Å². The Labute approximate surface area is 239 Å². The van der Waals surface area contributed by atoms with Crippen molar-refractivity contribution in [2.75, 3.05) is 13.6 Å². The lowest BCUT2D eigenvalue weighted by molar-refractivity contribution is -0.180. The third-order valence-electron chi connectivity index (χ3n) is 7.46. The van der Waals surface area contributed by atoms with Crippen LogP contribution in [-0.2, 0) is 49.5 Å².